The summed E-state index contributed by atoms with van der Waals surface area (Å²) >= 11 is 0. The maximum atomic E-state index is 13.0. The molecule has 1 amide bonds. The van der Waals surface area contributed by atoms with Gasteiger partial charge in [0, 0.05) is 48.2 Å². The Kier molecular flexibility index (Phi) is 6.20. The van der Waals surface area contributed by atoms with Crippen LogP contribution in [-0.2, 0) is 11.3 Å². The van der Waals surface area contributed by atoms with E-state index >= 15 is 0 Å². The van der Waals surface area contributed by atoms with E-state index < -0.39 is 6.10 Å². The number of ether oxygens (including phenoxy) is 1. The summed E-state index contributed by atoms with van der Waals surface area (Å²) in [5.41, 5.74) is 3.94. The zero-order valence-corrected chi connectivity index (χ0v) is 19.5. The van der Waals surface area contributed by atoms with Gasteiger partial charge in [-0.25, -0.2) is 9.78 Å². The molecule has 3 aromatic rings. The number of cyclic esters (lactones) is 1. The molecule has 0 saturated carbocycles. The maximum Gasteiger partial charge on any atom is 0.338 e. The molecule has 2 N–H and O–H groups in total. The molecule has 1 saturated heterocycles. The third-order valence-corrected chi connectivity index (χ3v) is 7.05. The second kappa shape index (κ2) is 9.45. The van der Waals surface area contributed by atoms with E-state index in [2.05, 4.69) is 21.3 Å². The molecule has 8 nitrogen and oxygen atoms in total. The Morgan fingerprint density at radius 2 is 2.00 bits per heavy atom. The average molecular weight is 471 g/mol. The number of pyridine rings is 1. The third kappa shape index (κ3) is 4.36. The number of aliphatic hydroxyl groups excluding tert-OH is 1. The number of nitriles is 1. The normalized spacial score (nSPS) is 17.0. The lowest BCUT2D eigenvalue weighted by Crippen LogP contribution is -2.45. The van der Waals surface area contributed by atoms with Crippen molar-refractivity contribution in [3.05, 3.63) is 76.1 Å². The number of aromatic nitrogens is 1. The number of nitrogens with one attached hydrogen (secondary N) is 1. The molecule has 1 aromatic heterocycles. The first-order valence-corrected chi connectivity index (χ1v) is 11.7. The van der Waals surface area contributed by atoms with Crippen LogP contribution in [0.3, 0.4) is 0 Å². The molecular formula is C27H26N4O4. The Morgan fingerprint density at radius 3 is 2.74 bits per heavy atom. The number of β-amino-alcohol motifs (C(OH)–C–C–N with tert-alkyl or cyclic N) is 1. The smallest absolute Gasteiger partial charge is 0.338 e. The van der Waals surface area contributed by atoms with Crippen molar-refractivity contribution >= 4 is 22.6 Å². The van der Waals surface area contributed by atoms with Crippen LogP contribution in [-0.4, -0.2) is 52.5 Å². The second-order valence-electron chi connectivity index (χ2n) is 9.12. The van der Waals surface area contributed by atoms with Gasteiger partial charge in [0.2, 0.25) is 0 Å². The van der Waals surface area contributed by atoms with Gasteiger partial charge in [0.05, 0.1) is 17.2 Å². The van der Waals surface area contributed by atoms with Crippen LogP contribution in [0.15, 0.2) is 42.6 Å². The largest absolute Gasteiger partial charge is 0.457 e. The number of carbonyl (C=O) groups is 2. The fourth-order valence-corrected chi connectivity index (χ4v) is 5.05. The van der Waals surface area contributed by atoms with Crippen molar-refractivity contribution in [3.8, 4) is 6.07 Å². The number of piperidine rings is 1. The van der Waals surface area contributed by atoms with E-state index in [1.807, 2.05) is 37.3 Å². The molecule has 2 aliphatic heterocycles. The zero-order valence-electron chi connectivity index (χ0n) is 19.5. The topological polar surface area (TPSA) is 116 Å². The highest BCUT2D eigenvalue weighted by atomic mass is 16.5. The van der Waals surface area contributed by atoms with Gasteiger partial charge in [-0.1, -0.05) is 30.3 Å². The van der Waals surface area contributed by atoms with E-state index in [1.54, 1.807) is 6.07 Å². The number of hydrogen-bond donors (Lipinski definition) is 2. The Balaban J connectivity index is 1.20. The molecule has 5 rings (SSSR count). The van der Waals surface area contributed by atoms with E-state index in [0.717, 1.165) is 48.0 Å². The minimum Gasteiger partial charge on any atom is -0.457 e. The van der Waals surface area contributed by atoms with Gasteiger partial charge < -0.3 is 20.1 Å². The average Bonchev–Trinajstić information content (AvgIpc) is 3.26. The highest BCUT2D eigenvalue weighted by Gasteiger charge is 2.28. The van der Waals surface area contributed by atoms with Crippen molar-refractivity contribution in [2.24, 2.45) is 0 Å². The first kappa shape index (κ1) is 23.0. The van der Waals surface area contributed by atoms with Gasteiger partial charge in [-0.15, -0.1) is 0 Å². The molecule has 8 heteroatoms. The van der Waals surface area contributed by atoms with Gasteiger partial charge in [-0.3, -0.25) is 4.79 Å². The van der Waals surface area contributed by atoms with Crippen molar-refractivity contribution in [2.45, 2.75) is 38.5 Å². The Labute approximate surface area is 203 Å². The van der Waals surface area contributed by atoms with Crippen LogP contribution in [0.2, 0.25) is 0 Å². The van der Waals surface area contributed by atoms with Gasteiger partial charge in [0.15, 0.2) is 0 Å². The summed E-state index contributed by atoms with van der Waals surface area (Å²) in [6.07, 6.45) is 2.30. The standard InChI is InChI=1S/C27H26N4O4/c1-16-19(6-7-22-23(16)15-35-27(22)34)24(32)14-31-10-8-18(9-11-31)30-26(33)25-21-5-3-2-4-20(21)17(12-28)13-29-25/h2-7,13,18,24,32H,8-11,14-15H2,1H3,(H,30,33)/t24-/m0/s1. The molecule has 178 valence electrons. The first-order chi connectivity index (χ1) is 17.0. The van der Waals surface area contributed by atoms with Gasteiger partial charge in [-0.2, -0.15) is 5.26 Å². The van der Waals surface area contributed by atoms with Gasteiger partial charge in [-0.05, 0) is 37.0 Å². The molecule has 1 fully saturated rings. The molecule has 0 radical (unpaired) electrons. The summed E-state index contributed by atoms with van der Waals surface area (Å²) in [6.45, 7) is 4.15. The van der Waals surface area contributed by atoms with Crippen LogP contribution in [0, 0.1) is 18.3 Å². The van der Waals surface area contributed by atoms with Crippen molar-refractivity contribution in [2.75, 3.05) is 19.6 Å². The van der Waals surface area contributed by atoms with E-state index in [9.17, 15) is 20.0 Å². The molecule has 35 heavy (non-hydrogen) atoms. The summed E-state index contributed by atoms with van der Waals surface area (Å²) in [5.74, 6) is -0.549. The molecule has 3 heterocycles. The summed E-state index contributed by atoms with van der Waals surface area (Å²) < 4.78 is 5.12. The lowest BCUT2D eigenvalue weighted by Gasteiger charge is -2.33. The van der Waals surface area contributed by atoms with Crippen LogP contribution < -0.4 is 5.32 Å². The number of hydrogen-bond acceptors (Lipinski definition) is 7. The van der Waals surface area contributed by atoms with Crippen molar-refractivity contribution in [3.63, 3.8) is 0 Å². The molecule has 0 aliphatic carbocycles. The van der Waals surface area contributed by atoms with Crippen LogP contribution in [0.25, 0.3) is 10.8 Å². The Hall–Kier alpha value is -3.80. The lowest BCUT2D eigenvalue weighted by molar-refractivity contribution is 0.0534. The Bertz CT molecular complexity index is 1360. The van der Waals surface area contributed by atoms with E-state index in [0.29, 0.717) is 28.8 Å². The molecule has 2 aliphatic rings. The fraction of sp³-hybridized carbons (Fsp3) is 0.333. The number of rotatable bonds is 5. The number of aliphatic hydroxyl groups is 1. The predicted molar refractivity (Wildman–Crippen MR) is 129 cm³/mol. The fourth-order valence-electron chi connectivity index (χ4n) is 5.05. The van der Waals surface area contributed by atoms with Crippen molar-refractivity contribution < 1.29 is 19.4 Å². The third-order valence-electron chi connectivity index (χ3n) is 7.05. The maximum absolute atomic E-state index is 13.0. The van der Waals surface area contributed by atoms with E-state index in [1.165, 1.54) is 6.20 Å². The van der Waals surface area contributed by atoms with Crippen LogP contribution >= 0.6 is 0 Å². The number of esters is 1. The number of carbonyl (C=O) groups excluding carboxylic acids is 2. The Morgan fingerprint density at radius 1 is 1.26 bits per heavy atom. The number of fused-ring (bicyclic) bond motifs is 2. The minimum absolute atomic E-state index is 0.0111. The predicted octanol–water partition coefficient (Wildman–Crippen LogP) is 3.01. The molecule has 2 aromatic carbocycles. The zero-order chi connectivity index (χ0) is 24.5. The quantitative estimate of drug-likeness (QED) is 0.551. The van der Waals surface area contributed by atoms with Gasteiger partial charge >= 0.3 is 5.97 Å². The number of likely N-dealkylation sites (tertiary alicyclic amines) is 1. The van der Waals surface area contributed by atoms with Crippen LogP contribution in [0.1, 0.15) is 62.0 Å². The summed E-state index contributed by atoms with van der Waals surface area (Å²) in [5, 5.41) is 24.7. The highest BCUT2D eigenvalue weighted by molar-refractivity contribution is 6.06. The summed E-state index contributed by atoms with van der Waals surface area (Å²) in [6, 6.07) is 13.0. The lowest BCUT2D eigenvalue weighted by atomic mass is 9.94. The molecule has 0 spiro atoms. The highest BCUT2D eigenvalue weighted by Crippen LogP contribution is 2.30. The minimum atomic E-state index is -0.670. The van der Waals surface area contributed by atoms with Crippen LogP contribution in [0.4, 0.5) is 0 Å². The monoisotopic (exact) mass is 470 g/mol. The molecular weight excluding hydrogens is 444 g/mol. The van der Waals surface area contributed by atoms with Gasteiger partial charge in [0.25, 0.3) is 5.91 Å². The van der Waals surface area contributed by atoms with E-state index in [-0.39, 0.29) is 24.5 Å². The molecule has 0 unspecified atom stereocenters. The molecule has 0 bridgehead atoms. The first-order valence-electron chi connectivity index (χ1n) is 11.7. The van der Waals surface area contributed by atoms with Crippen molar-refractivity contribution in [1.82, 2.24) is 15.2 Å². The second-order valence-corrected chi connectivity index (χ2v) is 9.12. The number of amides is 1. The van der Waals surface area contributed by atoms with Crippen molar-refractivity contribution in [1.29, 1.82) is 5.26 Å². The molecule has 1 atom stereocenters. The van der Waals surface area contributed by atoms with Crippen LogP contribution in [0.5, 0.6) is 0 Å². The number of benzene rings is 2. The SMILES string of the molecule is Cc1c([C@@H](O)CN2CCC(NC(=O)c3ncc(C#N)c4ccccc34)CC2)ccc2c1COC2=O. The van der Waals surface area contributed by atoms with E-state index in [4.69, 9.17) is 4.74 Å². The summed E-state index contributed by atoms with van der Waals surface area (Å²) in [4.78, 5) is 31.2. The van der Waals surface area contributed by atoms with Gasteiger partial charge in [0.1, 0.15) is 18.4 Å². The summed E-state index contributed by atoms with van der Waals surface area (Å²) in [7, 11) is 0. The number of nitrogens with zero attached hydrogens (tertiary/aromatic N) is 3.